The first-order valence-electron chi connectivity index (χ1n) is 8.24. The van der Waals surface area contributed by atoms with E-state index < -0.39 is 22.9 Å². The summed E-state index contributed by atoms with van der Waals surface area (Å²) in [6.07, 6.45) is -1.39. The third-order valence-electron chi connectivity index (χ3n) is 4.61. The molecule has 2 heterocycles. The van der Waals surface area contributed by atoms with Crippen LogP contribution >= 0.6 is 11.8 Å². The molecule has 1 aromatic carbocycles. The third-order valence-corrected chi connectivity index (χ3v) is 5.88. The number of fused-ring (bicyclic) bond motifs is 1. The van der Waals surface area contributed by atoms with Crippen molar-refractivity contribution >= 4 is 29.3 Å². The highest BCUT2D eigenvalue weighted by Gasteiger charge is 2.35. The van der Waals surface area contributed by atoms with E-state index in [0.717, 1.165) is 43.2 Å². The maximum atomic E-state index is 12.8. The molecule has 2 amide bonds. The molecule has 8 heteroatoms. The molecule has 4 nitrogen and oxygen atoms in total. The van der Waals surface area contributed by atoms with Crippen molar-refractivity contribution < 1.29 is 22.8 Å². The molecule has 25 heavy (non-hydrogen) atoms. The molecule has 0 radical (unpaired) electrons. The molecule has 1 N–H and O–H groups in total. The molecule has 2 aliphatic heterocycles. The van der Waals surface area contributed by atoms with Gasteiger partial charge in [0.1, 0.15) is 0 Å². The number of carbonyl (C=O) groups excluding carboxylic acids is 2. The highest BCUT2D eigenvalue weighted by Crippen LogP contribution is 2.40. The maximum absolute atomic E-state index is 12.8. The number of piperidine rings is 1. The topological polar surface area (TPSA) is 49.4 Å². The lowest BCUT2D eigenvalue weighted by Gasteiger charge is -2.34. The lowest BCUT2D eigenvalue weighted by molar-refractivity contribution is -0.137. The molecule has 2 aliphatic rings. The van der Waals surface area contributed by atoms with Gasteiger partial charge in [0.2, 0.25) is 11.8 Å². The summed E-state index contributed by atoms with van der Waals surface area (Å²) in [4.78, 5) is 27.1. The van der Waals surface area contributed by atoms with Crippen molar-refractivity contribution in [1.82, 2.24) is 4.90 Å². The largest absolute Gasteiger partial charge is 0.416 e. The fourth-order valence-electron chi connectivity index (χ4n) is 3.21. The number of hydrogen-bond acceptors (Lipinski definition) is 3. The van der Waals surface area contributed by atoms with Crippen LogP contribution in [-0.2, 0) is 15.8 Å². The summed E-state index contributed by atoms with van der Waals surface area (Å²) in [7, 11) is 0. The van der Waals surface area contributed by atoms with Gasteiger partial charge >= 0.3 is 6.18 Å². The van der Waals surface area contributed by atoms with Crippen molar-refractivity contribution in [3.05, 3.63) is 23.8 Å². The van der Waals surface area contributed by atoms with Crippen LogP contribution in [0.4, 0.5) is 18.9 Å². The van der Waals surface area contributed by atoms with E-state index in [4.69, 9.17) is 0 Å². The molecule has 0 spiro atoms. The van der Waals surface area contributed by atoms with Gasteiger partial charge in [-0.3, -0.25) is 9.59 Å². The zero-order valence-corrected chi connectivity index (χ0v) is 14.5. The molecule has 1 aromatic rings. The number of halogens is 3. The Morgan fingerprint density at radius 1 is 1.36 bits per heavy atom. The fourth-order valence-corrected chi connectivity index (χ4v) is 4.29. The molecule has 1 saturated heterocycles. The Balaban J connectivity index is 1.71. The number of nitrogens with one attached hydrogen (secondary N) is 1. The average molecular weight is 372 g/mol. The first-order valence-corrected chi connectivity index (χ1v) is 9.12. The second kappa shape index (κ2) is 6.90. The normalized spacial score (nSPS) is 23.8. The van der Waals surface area contributed by atoms with Crippen molar-refractivity contribution in [2.75, 3.05) is 11.9 Å². The summed E-state index contributed by atoms with van der Waals surface area (Å²) in [5.41, 5.74) is -0.649. The second-order valence-electron chi connectivity index (χ2n) is 6.44. The molecule has 3 rings (SSSR count). The SMILES string of the molecule is C[C@H]1CCCCN1C(=O)C[C@@H]1Sc2ccc(C(F)(F)F)cc2NC1=O. The van der Waals surface area contributed by atoms with Crippen LogP contribution in [0.5, 0.6) is 0 Å². The molecule has 0 unspecified atom stereocenters. The predicted molar refractivity (Wildman–Crippen MR) is 89.4 cm³/mol. The highest BCUT2D eigenvalue weighted by atomic mass is 32.2. The van der Waals surface area contributed by atoms with Gasteiger partial charge in [-0.25, -0.2) is 0 Å². The Morgan fingerprint density at radius 2 is 2.12 bits per heavy atom. The van der Waals surface area contributed by atoms with Crippen LogP contribution in [0.25, 0.3) is 0 Å². The smallest absolute Gasteiger partial charge is 0.340 e. The van der Waals surface area contributed by atoms with Crippen LogP contribution in [-0.4, -0.2) is 34.6 Å². The number of carbonyl (C=O) groups is 2. The molecule has 0 aromatic heterocycles. The van der Waals surface area contributed by atoms with Crippen LogP contribution in [0, 0.1) is 0 Å². The van der Waals surface area contributed by atoms with Crippen molar-refractivity contribution in [1.29, 1.82) is 0 Å². The summed E-state index contributed by atoms with van der Waals surface area (Å²) in [5, 5.41) is 1.89. The molecular weight excluding hydrogens is 353 g/mol. The minimum atomic E-state index is -4.46. The Labute approximate surface area is 148 Å². The van der Waals surface area contributed by atoms with Gasteiger partial charge in [0.15, 0.2) is 0 Å². The molecule has 0 saturated carbocycles. The zero-order valence-electron chi connectivity index (χ0n) is 13.7. The monoisotopic (exact) mass is 372 g/mol. The van der Waals surface area contributed by atoms with Gasteiger partial charge in [0.25, 0.3) is 0 Å². The minimum absolute atomic E-state index is 0.0568. The number of likely N-dealkylation sites (tertiary alicyclic amines) is 1. The van der Waals surface area contributed by atoms with E-state index in [2.05, 4.69) is 5.32 Å². The van der Waals surface area contributed by atoms with E-state index in [1.165, 1.54) is 6.07 Å². The summed E-state index contributed by atoms with van der Waals surface area (Å²) < 4.78 is 38.3. The number of thioether (sulfide) groups is 1. The second-order valence-corrected chi connectivity index (χ2v) is 7.69. The maximum Gasteiger partial charge on any atom is 0.416 e. The number of nitrogens with zero attached hydrogens (tertiary/aromatic N) is 1. The zero-order chi connectivity index (χ0) is 18.2. The Bertz CT molecular complexity index is 693. The van der Waals surface area contributed by atoms with Gasteiger partial charge in [0, 0.05) is 23.9 Å². The quantitative estimate of drug-likeness (QED) is 0.856. The van der Waals surface area contributed by atoms with Crippen molar-refractivity contribution in [3.8, 4) is 0 Å². The van der Waals surface area contributed by atoms with E-state index in [9.17, 15) is 22.8 Å². The van der Waals surface area contributed by atoms with Crippen LogP contribution < -0.4 is 5.32 Å². The average Bonchev–Trinajstić information content (AvgIpc) is 2.54. The molecular formula is C17H19F3N2O2S. The van der Waals surface area contributed by atoms with Crippen LogP contribution in [0.1, 0.15) is 38.2 Å². The fraction of sp³-hybridized carbons (Fsp3) is 0.529. The number of benzene rings is 1. The van der Waals surface area contributed by atoms with Gasteiger partial charge in [-0.1, -0.05) is 0 Å². The number of hydrogen-bond donors (Lipinski definition) is 1. The van der Waals surface area contributed by atoms with Crippen LogP contribution in [0.15, 0.2) is 23.1 Å². The standard InChI is InChI=1S/C17H19F3N2O2S/c1-10-4-2-3-7-22(10)15(23)9-14-16(24)21-12-8-11(17(18,19)20)5-6-13(12)25-14/h5-6,8,10,14H,2-4,7,9H2,1H3,(H,21,24)/t10-,14-/m0/s1. The Morgan fingerprint density at radius 3 is 2.80 bits per heavy atom. The van der Waals surface area contributed by atoms with Crippen molar-refractivity contribution in [2.24, 2.45) is 0 Å². The number of anilines is 1. The van der Waals surface area contributed by atoms with E-state index in [-0.39, 0.29) is 24.1 Å². The number of rotatable bonds is 2. The summed E-state index contributed by atoms with van der Waals surface area (Å²) in [6, 6.07) is 3.45. The van der Waals surface area contributed by atoms with E-state index in [1.54, 1.807) is 4.90 Å². The first kappa shape index (κ1) is 18.1. The first-order chi connectivity index (χ1) is 11.8. The predicted octanol–water partition coefficient (Wildman–Crippen LogP) is 3.91. The summed E-state index contributed by atoms with van der Waals surface area (Å²) in [5.74, 6) is -0.495. The summed E-state index contributed by atoms with van der Waals surface area (Å²) >= 11 is 1.15. The molecule has 2 atom stereocenters. The van der Waals surface area contributed by atoms with Gasteiger partial charge in [-0.15, -0.1) is 11.8 Å². The van der Waals surface area contributed by atoms with E-state index >= 15 is 0 Å². The lowest BCUT2D eigenvalue weighted by atomic mass is 10.0. The third kappa shape index (κ3) is 3.94. The Hall–Kier alpha value is -1.70. The van der Waals surface area contributed by atoms with Crippen LogP contribution in [0.3, 0.4) is 0 Å². The molecule has 1 fully saturated rings. The van der Waals surface area contributed by atoms with Crippen LogP contribution in [0.2, 0.25) is 0 Å². The van der Waals surface area contributed by atoms with E-state index in [0.29, 0.717) is 11.4 Å². The van der Waals surface area contributed by atoms with Gasteiger partial charge in [0.05, 0.1) is 16.5 Å². The number of alkyl halides is 3. The van der Waals surface area contributed by atoms with E-state index in [1.807, 2.05) is 6.92 Å². The Kier molecular flexibility index (Phi) is 4.99. The molecule has 136 valence electrons. The van der Waals surface area contributed by atoms with Gasteiger partial charge in [-0.2, -0.15) is 13.2 Å². The molecule has 0 bridgehead atoms. The summed E-state index contributed by atoms with van der Waals surface area (Å²) in [6.45, 7) is 2.70. The lowest BCUT2D eigenvalue weighted by Crippen LogP contribution is -2.44. The van der Waals surface area contributed by atoms with Gasteiger partial charge in [-0.05, 0) is 44.4 Å². The minimum Gasteiger partial charge on any atom is -0.340 e. The highest BCUT2D eigenvalue weighted by molar-refractivity contribution is 8.01. The van der Waals surface area contributed by atoms with Crippen molar-refractivity contribution in [2.45, 2.75) is 55.0 Å². The molecule has 0 aliphatic carbocycles. The number of amides is 2. The van der Waals surface area contributed by atoms with Gasteiger partial charge < -0.3 is 10.2 Å². The van der Waals surface area contributed by atoms with Crippen molar-refractivity contribution in [3.63, 3.8) is 0 Å².